The highest BCUT2D eigenvalue weighted by atomic mass is 19.1. The van der Waals surface area contributed by atoms with Crippen molar-refractivity contribution < 1.29 is 14.0 Å². The first-order chi connectivity index (χ1) is 12.6. The number of piperazine rings is 1. The average molecular weight is 356 g/mol. The van der Waals surface area contributed by atoms with Crippen LogP contribution in [0.4, 0.5) is 10.1 Å². The van der Waals surface area contributed by atoms with Crippen LogP contribution >= 0.6 is 0 Å². The van der Waals surface area contributed by atoms with Crippen LogP contribution in [0.3, 0.4) is 0 Å². The van der Waals surface area contributed by atoms with Crippen LogP contribution in [0, 0.1) is 5.82 Å². The van der Waals surface area contributed by atoms with Gasteiger partial charge in [0.15, 0.2) is 0 Å². The summed E-state index contributed by atoms with van der Waals surface area (Å²) in [7, 11) is 0. The standard InChI is InChI=1S/C19H21FN4O2/c1-2-23-10-12-24(13-11-23)19(26)17-5-3-4-16(22-17)18(25)21-15-8-6-14(20)7-9-15/h3-9H,2,10-13H2,1H3,(H,21,25). The quantitative estimate of drug-likeness (QED) is 0.913. The zero-order valence-corrected chi connectivity index (χ0v) is 14.6. The second-order valence-electron chi connectivity index (χ2n) is 6.10. The molecule has 136 valence electrons. The number of likely N-dealkylation sites (N-methyl/N-ethyl adjacent to an activating group) is 1. The second-order valence-corrected chi connectivity index (χ2v) is 6.10. The lowest BCUT2D eigenvalue weighted by molar-refractivity contribution is 0.0637. The molecule has 1 N–H and O–H groups in total. The van der Waals surface area contributed by atoms with E-state index in [4.69, 9.17) is 0 Å². The number of halogens is 1. The molecule has 0 spiro atoms. The van der Waals surface area contributed by atoms with E-state index in [2.05, 4.69) is 22.1 Å². The van der Waals surface area contributed by atoms with Gasteiger partial charge in [-0.25, -0.2) is 9.37 Å². The number of pyridine rings is 1. The van der Waals surface area contributed by atoms with Crippen molar-refractivity contribution in [1.29, 1.82) is 0 Å². The van der Waals surface area contributed by atoms with Crippen molar-refractivity contribution >= 4 is 17.5 Å². The van der Waals surface area contributed by atoms with Crippen LogP contribution in [0.2, 0.25) is 0 Å². The molecule has 0 radical (unpaired) electrons. The monoisotopic (exact) mass is 356 g/mol. The van der Waals surface area contributed by atoms with E-state index in [1.807, 2.05) is 0 Å². The summed E-state index contributed by atoms with van der Waals surface area (Å²) in [5.41, 5.74) is 0.861. The predicted molar refractivity (Wildman–Crippen MR) is 96.6 cm³/mol. The summed E-state index contributed by atoms with van der Waals surface area (Å²) in [4.78, 5) is 33.2. The Labute approximate surface area is 151 Å². The van der Waals surface area contributed by atoms with E-state index in [9.17, 15) is 14.0 Å². The van der Waals surface area contributed by atoms with Gasteiger partial charge in [-0.3, -0.25) is 9.59 Å². The normalized spacial score (nSPS) is 14.9. The SMILES string of the molecule is CCN1CCN(C(=O)c2cccc(C(=O)Nc3ccc(F)cc3)n2)CC1. The highest BCUT2D eigenvalue weighted by Gasteiger charge is 2.23. The Bertz CT molecular complexity index is 786. The molecule has 3 rings (SSSR count). The maximum Gasteiger partial charge on any atom is 0.274 e. The van der Waals surface area contributed by atoms with Gasteiger partial charge in [-0.15, -0.1) is 0 Å². The molecular formula is C19H21FN4O2. The molecule has 0 unspecified atom stereocenters. The molecule has 1 aromatic heterocycles. The first-order valence-electron chi connectivity index (χ1n) is 8.62. The molecule has 1 aliphatic rings. The number of nitrogens with zero attached hydrogens (tertiary/aromatic N) is 3. The first-order valence-corrected chi connectivity index (χ1v) is 8.62. The number of rotatable bonds is 4. The summed E-state index contributed by atoms with van der Waals surface area (Å²) >= 11 is 0. The van der Waals surface area contributed by atoms with Crippen molar-refractivity contribution in [2.75, 3.05) is 38.0 Å². The third-order valence-electron chi connectivity index (χ3n) is 4.41. The topological polar surface area (TPSA) is 65.5 Å². The number of carbonyl (C=O) groups is 2. The molecule has 1 aromatic carbocycles. The number of hydrogen-bond acceptors (Lipinski definition) is 4. The summed E-state index contributed by atoms with van der Waals surface area (Å²) in [6.07, 6.45) is 0. The van der Waals surface area contributed by atoms with E-state index in [0.717, 1.165) is 19.6 Å². The van der Waals surface area contributed by atoms with Crippen LogP contribution in [0.25, 0.3) is 0 Å². The zero-order valence-electron chi connectivity index (χ0n) is 14.6. The van der Waals surface area contributed by atoms with Crippen molar-refractivity contribution in [2.24, 2.45) is 0 Å². The average Bonchev–Trinajstić information content (AvgIpc) is 2.69. The molecule has 2 amide bonds. The van der Waals surface area contributed by atoms with Crippen molar-refractivity contribution in [3.05, 3.63) is 59.7 Å². The molecule has 7 heteroatoms. The molecule has 1 saturated heterocycles. The Morgan fingerprint density at radius 2 is 1.69 bits per heavy atom. The van der Waals surface area contributed by atoms with Crippen LogP contribution in [0.15, 0.2) is 42.5 Å². The number of benzene rings is 1. The van der Waals surface area contributed by atoms with Gasteiger partial charge in [0.2, 0.25) is 0 Å². The Hall–Kier alpha value is -2.80. The Kier molecular flexibility index (Phi) is 5.58. The molecule has 0 atom stereocenters. The van der Waals surface area contributed by atoms with Gasteiger partial charge < -0.3 is 15.1 Å². The maximum atomic E-state index is 12.9. The van der Waals surface area contributed by atoms with Crippen molar-refractivity contribution in [3.8, 4) is 0 Å². The molecule has 6 nitrogen and oxygen atoms in total. The van der Waals surface area contributed by atoms with E-state index >= 15 is 0 Å². The van der Waals surface area contributed by atoms with Gasteiger partial charge in [0.25, 0.3) is 11.8 Å². The number of anilines is 1. The minimum absolute atomic E-state index is 0.146. The Balaban J connectivity index is 1.68. The maximum absolute atomic E-state index is 12.9. The van der Waals surface area contributed by atoms with E-state index < -0.39 is 5.91 Å². The van der Waals surface area contributed by atoms with Crippen molar-refractivity contribution in [3.63, 3.8) is 0 Å². The van der Waals surface area contributed by atoms with Gasteiger partial charge in [0.05, 0.1) is 0 Å². The van der Waals surface area contributed by atoms with Gasteiger partial charge in [-0.2, -0.15) is 0 Å². The van der Waals surface area contributed by atoms with Gasteiger partial charge >= 0.3 is 0 Å². The van der Waals surface area contributed by atoms with Gasteiger partial charge in [-0.1, -0.05) is 13.0 Å². The predicted octanol–water partition coefficient (Wildman–Crippen LogP) is 2.25. The fraction of sp³-hybridized carbons (Fsp3) is 0.316. The molecule has 1 aliphatic heterocycles. The zero-order chi connectivity index (χ0) is 18.5. The van der Waals surface area contributed by atoms with Gasteiger partial charge in [0, 0.05) is 31.9 Å². The lowest BCUT2D eigenvalue weighted by Gasteiger charge is -2.33. The van der Waals surface area contributed by atoms with Crippen LogP contribution in [0.1, 0.15) is 27.9 Å². The van der Waals surface area contributed by atoms with Crippen LogP contribution < -0.4 is 5.32 Å². The van der Waals surface area contributed by atoms with Gasteiger partial charge in [-0.05, 0) is 42.9 Å². The lowest BCUT2D eigenvalue weighted by Crippen LogP contribution is -2.48. The smallest absolute Gasteiger partial charge is 0.274 e. The second kappa shape index (κ2) is 8.05. The summed E-state index contributed by atoms with van der Waals surface area (Å²) in [5.74, 6) is -0.990. The minimum atomic E-state index is -0.443. The lowest BCUT2D eigenvalue weighted by atomic mass is 10.2. The first kappa shape index (κ1) is 18.0. The molecule has 0 aliphatic carbocycles. The molecular weight excluding hydrogens is 335 g/mol. The van der Waals surface area contributed by atoms with Crippen molar-refractivity contribution in [1.82, 2.24) is 14.8 Å². The number of aromatic nitrogens is 1. The fourth-order valence-corrected chi connectivity index (χ4v) is 2.84. The van der Waals surface area contributed by atoms with Crippen LogP contribution in [-0.2, 0) is 0 Å². The third-order valence-corrected chi connectivity index (χ3v) is 4.41. The summed E-state index contributed by atoms with van der Waals surface area (Å²) in [6, 6.07) is 10.3. The molecule has 1 fully saturated rings. The van der Waals surface area contributed by atoms with E-state index in [1.165, 1.54) is 24.3 Å². The summed E-state index contributed by atoms with van der Waals surface area (Å²) < 4.78 is 12.9. The molecule has 0 bridgehead atoms. The Morgan fingerprint density at radius 3 is 2.35 bits per heavy atom. The van der Waals surface area contributed by atoms with E-state index in [0.29, 0.717) is 18.8 Å². The Morgan fingerprint density at radius 1 is 1.04 bits per heavy atom. The third kappa shape index (κ3) is 4.23. The van der Waals surface area contributed by atoms with E-state index in [-0.39, 0.29) is 23.1 Å². The molecule has 0 saturated carbocycles. The van der Waals surface area contributed by atoms with Crippen molar-refractivity contribution in [2.45, 2.75) is 6.92 Å². The summed E-state index contributed by atoms with van der Waals surface area (Å²) in [5, 5.41) is 2.64. The summed E-state index contributed by atoms with van der Waals surface area (Å²) in [6.45, 7) is 6.06. The molecule has 2 aromatic rings. The molecule has 2 heterocycles. The number of nitrogens with one attached hydrogen (secondary N) is 1. The molecule has 26 heavy (non-hydrogen) atoms. The highest BCUT2D eigenvalue weighted by molar-refractivity contribution is 6.03. The highest BCUT2D eigenvalue weighted by Crippen LogP contribution is 2.12. The fourth-order valence-electron chi connectivity index (χ4n) is 2.84. The number of hydrogen-bond donors (Lipinski definition) is 1. The van der Waals surface area contributed by atoms with E-state index in [1.54, 1.807) is 23.1 Å². The van der Waals surface area contributed by atoms with Crippen LogP contribution in [0.5, 0.6) is 0 Å². The minimum Gasteiger partial charge on any atom is -0.335 e. The largest absolute Gasteiger partial charge is 0.335 e. The number of carbonyl (C=O) groups excluding carboxylic acids is 2. The van der Waals surface area contributed by atoms with Gasteiger partial charge in [0.1, 0.15) is 17.2 Å². The number of amides is 2. The van der Waals surface area contributed by atoms with Crippen LogP contribution in [-0.4, -0.2) is 59.3 Å².